The van der Waals surface area contributed by atoms with Gasteiger partial charge in [0.1, 0.15) is 6.61 Å². The molecule has 0 amide bonds. The molecule has 0 radical (unpaired) electrons. The van der Waals surface area contributed by atoms with Crippen LogP contribution in [0, 0.1) is 0 Å². The van der Waals surface area contributed by atoms with Crippen molar-refractivity contribution in [3.05, 3.63) is 23.9 Å². The van der Waals surface area contributed by atoms with E-state index < -0.39 is 0 Å². The summed E-state index contributed by atoms with van der Waals surface area (Å²) in [5.41, 5.74) is 1.01. The molecule has 0 N–H and O–H groups in total. The molecule has 0 aliphatic carbocycles. The average Bonchev–Trinajstić information content (AvgIpc) is 2.24. The minimum atomic E-state index is 0.232. The van der Waals surface area contributed by atoms with E-state index in [0.29, 0.717) is 25.0 Å². The minimum absolute atomic E-state index is 0.232. The summed E-state index contributed by atoms with van der Waals surface area (Å²) in [6.45, 7) is 5.07. The highest BCUT2D eigenvalue weighted by Crippen LogP contribution is 2.10. The molecule has 1 aromatic rings. The summed E-state index contributed by atoms with van der Waals surface area (Å²) in [7, 11) is 0. The van der Waals surface area contributed by atoms with Gasteiger partial charge in [0.2, 0.25) is 5.88 Å². The zero-order valence-corrected chi connectivity index (χ0v) is 9.83. The summed E-state index contributed by atoms with van der Waals surface area (Å²) in [4.78, 5) is 4.07. The Bertz CT molecular complexity index is 292. The Hall–Kier alpha value is -0.800. The maximum atomic E-state index is 5.69. The van der Waals surface area contributed by atoms with Gasteiger partial charge in [-0.25, -0.2) is 4.98 Å². The van der Waals surface area contributed by atoms with Gasteiger partial charge in [0.15, 0.2) is 0 Å². The first-order valence-electron chi connectivity index (χ1n) is 4.97. The predicted molar refractivity (Wildman–Crippen MR) is 60.4 cm³/mol. The quantitative estimate of drug-likeness (QED) is 0.555. The molecule has 0 aliphatic heterocycles. The molecule has 84 valence electrons. The number of hydrogen-bond acceptors (Lipinski definition) is 3. The largest absolute Gasteiger partial charge is 0.475 e. The van der Waals surface area contributed by atoms with Crippen LogP contribution in [0.15, 0.2) is 18.3 Å². The lowest BCUT2D eigenvalue weighted by Gasteiger charge is -2.08. The fraction of sp³-hybridized carbons (Fsp3) is 0.545. The molecule has 0 bridgehead atoms. The molecule has 1 aromatic heterocycles. The number of alkyl halides is 1. The van der Waals surface area contributed by atoms with E-state index in [0.717, 1.165) is 5.56 Å². The van der Waals surface area contributed by atoms with E-state index in [1.165, 1.54) is 0 Å². The van der Waals surface area contributed by atoms with Crippen LogP contribution < -0.4 is 4.74 Å². The van der Waals surface area contributed by atoms with Crippen molar-refractivity contribution in [2.75, 3.05) is 13.2 Å². The van der Waals surface area contributed by atoms with Crippen molar-refractivity contribution in [2.45, 2.75) is 25.8 Å². The fourth-order valence-corrected chi connectivity index (χ4v) is 1.21. The molecular weight excluding hydrogens is 214 g/mol. The number of nitrogens with zero attached hydrogens (tertiary/aromatic N) is 1. The van der Waals surface area contributed by atoms with Crippen molar-refractivity contribution < 1.29 is 9.47 Å². The van der Waals surface area contributed by atoms with E-state index in [2.05, 4.69) is 4.98 Å². The Morgan fingerprint density at radius 2 is 2.20 bits per heavy atom. The zero-order valence-electron chi connectivity index (χ0n) is 9.07. The second-order valence-corrected chi connectivity index (χ2v) is 3.67. The van der Waals surface area contributed by atoms with Crippen LogP contribution in [-0.2, 0) is 10.6 Å². The van der Waals surface area contributed by atoms with E-state index in [-0.39, 0.29) is 6.10 Å². The molecule has 1 rings (SSSR count). The molecule has 1 heterocycles. The van der Waals surface area contributed by atoms with Gasteiger partial charge < -0.3 is 9.47 Å². The first-order valence-corrected chi connectivity index (χ1v) is 5.51. The van der Waals surface area contributed by atoms with Crippen molar-refractivity contribution in [1.82, 2.24) is 4.98 Å². The lowest BCUT2D eigenvalue weighted by atomic mass is 10.3. The highest BCUT2D eigenvalue weighted by molar-refractivity contribution is 6.17. The molecule has 0 saturated carbocycles. The lowest BCUT2D eigenvalue weighted by molar-refractivity contribution is 0.0542. The third kappa shape index (κ3) is 5.00. The van der Waals surface area contributed by atoms with Gasteiger partial charge in [-0.1, -0.05) is 0 Å². The highest BCUT2D eigenvalue weighted by atomic mass is 35.5. The van der Waals surface area contributed by atoms with Gasteiger partial charge >= 0.3 is 0 Å². The van der Waals surface area contributed by atoms with Gasteiger partial charge in [-0.15, -0.1) is 11.6 Å². The fourth-order valence-electron chi connectivity index (χ4n) is 1.04. The molecule has 4 heteroatoms. The summed E-state index contributed by atoms with van der Waals surface area (Å²) in [5, 5.41) is 0. The molecule has 0 aliphatic rings. The van der Waals surface area contributed by atoms with Crippen molar-refractivity contribution >= 4 is 11.6 Å². The number of hydrogen-bond donors (Lipinski definition) is 0. The Kier molecular flexibility index (Phi) is 5.43. The maximum Gasteiger partial charge on any atom is 0.213 e. The van der Waals surface area contributed by atoms with Gasteiger partial charge in [0.25, 0.3) is 0 Å². The molecule has 0 atom stereocenters. The van der Waals surface area contributed by atoms with Crippen molar-refractivity contribution in [3.63, 3.8) is 0 Å². The lowest BCUT2D eigenvalue weighted by Crippen LogP contribution is -2.11. The highest BCUT2D eigenvalue weighted by Gasteiger charge is 1.98. The molecule has 15 heavy (non-hydrogen) atoms. The van der Waals surface area contributed by atoms with E-state index >= 15 is 0 Å². The second kappa shape index (κ2) is 6.64. The van der Waals surface area contributed by atoms with Gasteiger partial charge in [-0.2, -0.15) is 0 Å². The molecule has 0 aromatic carbocycles. The third-order valence-corrected chi connectivity index (χ3v) is 2.05. The Morgan fingerprint density at radius 1 is 1.40 bits per heavy atom. The molecular formula is C11H16ClNO2. The number of halogens is 1. The van der Waals surface area contributed by atoms with Gasteiger partial charge in [0.05, 0.1) is 12.7 Å². The molecule has 0 spiro atoms. The molecule has 3 nitrogen and oxygen atoms in total. The maximum absolute atomic E-state index is 5.69. The van der Waals surface area contributed by atoms with Crippen LogP contribution in [0.2, 0.25) is 0 Å². The topological polar surface area (TPSA) is 31.4 Å². The van der Waals surface area contributed by atoms with Crippen molar-refractivity contribution in [2.24, 2.45) is 0 Å². The summed E-state index contributed by atoms with van der Waals surface area (Å²) < 4.78 is 10.7. The SMILES string of the molecule is CC(C)OCCOc1cc(CCl)ccn1. The molecule has 0 unspecified atom stereocenters. The van der Waals surface area contributed by atoms with Crippen LogP contribution in [0.4, 0.5) is 0 Å². The van der Waals surface area contributed by atoms with Gasteiger partial charge in [0, 0.05) is 18.1 Å². The van der Waals surface area contributed by atoms with E-state index in [9.17, 15) is 0 Å². The summed E-state index contributed by atoms with van der Waals surface area (Å²) in [6, 6.07) is 3.70. The second-order valence-electron chi connectivity index (χ2n) is 3.40. The molecule has 0 fully saturated rings. The summed E-state index contributed by atoms with van der Waals surface area (Å²) in [6.07, 6.45) is 1.92. The number of rotatable bonds is 6. The van der Waals surface area contributed by atoms with E-state index in [4.69, 9.17) is 21.1 Å². The van der Waals surface area contributed by atoms with Crippen LogP contribution >= 0.6 is 11.6 Å². The number of aromatic nitrogens is 1. The zero-order chi connectivity index (χ0) is 11.1. The van der Waals surface area contributed by atoms with Crippen LogP contribution in [0.3, 0.4) is 0 Å². The van der Waals surface area contributed by atoms with Gasteiger partial charge in [-0.05, 0) is 25.5 Å². The van der Waals surface area contributed by atoms with Crippen LogP contribution in [-0.4, -0.2) is 24.3 Å². The van der Waals surface area contributed by atoms with Crippen LogP contribution in [0.1, 0.15) is 19.4 Å². The minimum Gasteiger partial charge on any atom is -0.475 e. The van der Waals surface area contributed by atoms with Gasteiger partial charge in [-0.3, -0.25) is 0 Å². The summed E-state index contributed by atoms with van der Waals surface area (Å²) >= 11 is 5.69. The monoisotopic (exact) mass is 229 g/mol. The first-order chi connectivity index (χ1) is 7.22. The molecule has 0 saturated heterocycles. The Balaban J connectivity index is 2.30. The number of pyridine rings is 1. The normalized spacial score (nSPS) is 10.7. The van der Waals surface area contributed by atoms with Crippen LogP contribution in [0.5, 0.6) is 5.88 Å². The average molecular weight is 230 g/mol. The standard InChI is InChI=1S/C11H16ClNO2/c1-9(2)14-5-6-15-11-7-10(8-12)3-4-13-11/h3-4,7,9H,5-6,8H2,1-2H3. The Morgan fingerprint density at radius 3 is 2.87 bits per heavy atom. The Labute approximate surface area is 95.4 Å². The van der Waals surface area contributed by atoms with Crippen LogP contribution in [0.25, 0.3) is 0 Å². The summed E-state index contributed by atoms with van der Waals surface area (Å²) in [5.74, 6) is 1.07. The first kappa shape index (κ1) is 12.3. The smallest absolute Gasteiger partial charge is 0.213 e. The van der Waals surface area contributed by atoms with Crippen molar-refractivity contribution in [3.8, 4) is 5.88 Å². The number of ether oxygens (including phenoxy) is 2. The third-order valence-electron chi connectivity index (χ3n) is 1.74. The predicted octanol–water partition coefficient (Wildman–Crippen LogP) is 2.62. The van der Waals surface area contributed by atoms with E-state index in [1.807, 2.05) is 26.0 Å². The van der Waals surface area contributed by atoms with Crippen molar-refractivity contribution in [1.29, 1.82) is 0 Å². The van der Waals surface area contributed by atoms with E-state index in [1.54, 1.807) is 6.20 Å².